The van der Waals surface area contributed by atoms with Crippen LogP contribution in [0.4, 0.5) is 5.13 Å². The van der Waals surface area contributed by atoms with Gasteiger partial charge in [-0.05, 0) is 6.42 Å². The molecule has 15 heavy (non-hydrogen) atoms. The lowest BCUT2D eigenvalue weighted by Gasteiger charge is -2.17. The van der Waals surface area contributed by atoms with Crippen molar-refractivity contribution in [3.05, 3.63) is 5.01 Å². The fourth-order valence-corrected chi connectivity index (χ4v) is 1.98. The first-order chi connectivity index (χ1) is 7.27. The van der Waals surface area contributed by atoms with Gasteiger partial charge in [-0.1, -0.05) is 11.3 Å². The SMILES string of the molecule is Nc1nnc(C(=O)N2CCCOCC2)s1. The summed E-state index contributed by atoms with van der Waals surface area (Å²) in [5.74, 6) is -0.102. The summed E-state index contributed by atoms with van der Waals surface area (Å²) >= 11 is 1.12. The summed E-state index contributed by atoms with van der Waals surface area (Å²) in [6.45, 7) is 2.61. The van der Waals surface area contributed by atoms with Crippen LogP contribution in [0.25, 0.3) is 0 Å². The molecule has 1 saturated heterocycles. The molecule has 0 radical (unpaired) electrons. The molecule has 82 valence electrons. The first-order valence-corrected chi connectivity index (χ1v) is 5.55. The highest BCUT2D eigenvalue weighted by molar-refractivity contribution is 7.16. The van der Waals surface area contributed by atoms with E-state index >= 15 is 0 Å². The fraction of sp³-hybridized carbons (Fsp3) is 0.625. The topological polar surface area (TPSA) is 81.3 Å². The zero-order valence-electron chi connectivity index (χ0n) is 8.18. The van der Waals surface area contributed by atoms with E-state index in [9.17, 15) is 4.79 Å². The van der Waals surface area contributed by atoms with Crippen LogP contribution >= 0.6 is 11.3 Å². The van der Waals surface area contributed by atoms with Crippen LogP contribution in [-0.2, 0) is 4.74 Å². The van der Waals surface area contributed by atoms with Crippen LogP contribution in [0, 0.1) is 0 Å². The number of anilines is 1. The number of rotatable bonds is 1. The van der Waals surface area contributed by atoms with Gasteiger partial charge in [0.15, 0.2) is 0 Å². The zero-order chi connectivity index (χ0) is 10.7. The zero-order valence-corrected chi connectivity index (χ0v) is 9.00. The molecule has 0 atom stereocenters. The Morgan fingerprint density at radius 1 is 1.40 bits per heavy atom. The van der Waals surface area contributed by atoms with Crippen LogP contribution < -0.4 is 5.73 Å². The van der Waals surface area contributed by atoms with Gasteiger partial charge in [0, 0.05) is 19.7 Å². The lowest BCUT2D eigenvalue weighted by Crippen LogP contribution is -2.33. The average molecular weight is 228 g/mol. The lowest BCUT2D eigenvalue weighted by molar-refractivity contribution is 0.0740. The van der Waals surface area contributed by atoms with Gasteiger partial charge in [-0.15, -0.1) is 10.2 Å². The van der Waals surface area contributed by atoms with E-state index in [0.717, 1.165) is 17.8 Å². The Bertz CT molecular complexity index is 346. The maximum Gasteiger partial charge on any atom is 0.284 e. The van der Waals surface area contributed by atoms with Crippen molar-refractivity contribution >= 4 is 22.4 Å². The molecule has 1 fully saturated rings. The van der Waals surface area contributed by atoms with Gasteiger partial charge >= 0.3 is 0 Å². The first-order valence-electron chi connectivity index (χ1n) is 4.73. The minimum atomic E-state index is -0.102. The molecule has 1 amide bonds. The van der Waals surface area contributed by atoms with E-state index in [0.29, 0.717) is 36.4 Å². The van der Waals surface area contributed by atoms with Crippen molar-refractivity contribution in [3.63, 3.8) is 0 Å². The van der Waals surface area contributed by atoms with E-state index in [2.05, 4.69) is 10.2 Å². The number of carbonyl (C=O) groups excluding carboxylic acids is 1. The molecule has 1 aromatic rings. The van der Waals surface area contributed by atoms with Crippen molar-refractivity contribution in [2.45, 2.75) is 6.42 Å². The van der Waals surface area contributed by atoms with E-state index in [1.54, 1.807) is 4.90 Å². The Labute approximate surface area is 91.0 Å². The molecule has 0 saturated carbocycles. The average Bonchev–Trinajstić information content (AvgIpc) is 2.53. The monoisotopic (exact) mass is 228 g/mol. The van der Waals surface area contributed by atoms with Gasteiger partial charge in [-0.3, -0.25) is 4.79 Å². The third-order valence-electron chi connectivity index (χ3n) is 2.13. The summed E-state index contributed by atoms with van der Waals surface area (Å²) in [5, 5.41) is 8.04. The van der Waals surface area contributed by atoms with Crippen LogP contribution in [0.15, 0.2) is 0 Å². The fourth-order valence-electron chi connectivity index (χ4n) is 1.41. The third-order valence-corrected chi connectivity index (χ3v) is 2.87. The third kappa shape index (κ3) is 2.42. The van der Waals surface area contributed by atoms with Crippen molar-refractivity contribution in [2.24, 2.45) is 0 Å². The Balaban J connectivity index is 2.06. The molecule has 2 heterocycles. The van der Waals surface area contributed by atoms with Crippen LogP contribution in [-0.4, -0.2) is 47.3 Å². The van der Waals surface area contributed by atoms with E-state index < -0.39 is 0 Å². The molecular weight excluding hydrogens is 216 g/mol. The van der Waals surface area contributed by atoms with Crippen LogP contribution in [0.5, 0.6) is 0 Å². The molecular formula is C8H12N4O2S. The number of hydrogen-bond donors (Lipinski definition) is 1. The number of nitrogens with two attached hydrogens (primary N) is 1. The predicted molar refractivity (Wildman–Crippen MR) is 55.7 cm³/mol. The van der Waals surface area contributed by atoms with Crippen molar-refractivity contribution in [3.8, 4) is 0 Å². The summed E-state index contributed by atoms with van der Waals surface area (Å²) in [6.07, 6.45) is 0.861. The maximum absolute atomic E-state index is 11.9. The van der Waals surface area contributed by atoms with Gasteiger partial charge in [0.1, 0.15) is 0 Å². The smallest absolute Gasteiger partial charge is 0.284 e. The maximum atomic E-state index is 11.9. The second-order valence-electron chi connectivity index (χ2n) is 3.20. The molecule has 2 rings (SSSR count). The molecule has 0 aromatic carbocycles. The molecule has 0 unspecified atom stereocenters. The van der Waals surface area contributed by atoms with Crippen molar-refractivity contribution in [2.75, 3.05) is 32.0 Å². The van der Waals surface area contributed by atoms with Gasteiger partial charge in [-0.25, -0.2) is 0 Å². The van der Waals surface area contributed by atoms with Crippen LogP contribution in [0.1, 0.15) is 16.2 Å². The first kappa shape index (κ1) is 10.3. The molecule has 6 nitrogen and oxygen atoms in total. The normalized spacial score (nSPS) is 17.5. The number of hydrogen-bond acceptors (Lipinski definition) is 6. The van der Waals surface area contributed by atoms with Crippen molar-refractivity contribution in [1.82, 2.24) is 15.1 Å². The minimum Gasteiger partial charge on any atom is -0.380 e. The number of aromatic nitrogens is 2. The predicted octanol–water partition coefficient (Wildman–Crippen LogP) is -0.0172. The number of nitrogens with zero attached hydrogens (tertiary/aromatic N) is 3. The van der Waals surface area contributed by atoms with Gasteiger partial charge in [0.05, 0.1) is 6.61 Å². The molecule has 2 N–H and O–H groups in total. The van der Waals surface area contributed by atoms with Crippen molar-refractivity contribution < 1.29 is 9.53 Å². The summed E-state index contributed by atoms with van der Waals surface area (Å²) in [7, 11) is 0. The summed E-state index contributed by atoms with van der Waals surface area (Å²) in [6, 6.07) is 0. The highest BCUT2D eigenvalue weighted by Crippen LogP contribution is 2.14. The number of ether oxygens (including phenoxy) is 1. The molecule has 0 aliphatic carbocycles. The van der Waals surface area contributed by atoms with E-state index in [-0.39, 0.29) is 5.91 Å². The molecule has 7 heteroatoms. The molecule has 0 spiro atoms. The number of carbonyl (C=O) groups is 1. The standard InChI is InChI=1S/C8H12N4O2S/c9-8-11-10-6(15-8)7(13)12-2-1-4-14-5-3-12/h1-5H2,(H2,9,11). The summed E-state index contributed by atoms with van der Waals surface area (Å²) in [5.41, 5.74) is 5.43. The summed E-state index contributed by atoms with van der Waals surface area (Å²) < 4.78 is 5.26. The largest absolute Gasteiger partial charge is 0.380 e. The van der Waals surface area contributed by atoms with E-state index in [1.165, 1.54) is 0 Å². The van der Waals surface area contributed by atoms with Crippen LogP contribution in [0.3, 0.4) is 0 Å². The Morgan fingerprint density at radius 2 is 2.27 bits per heavy atom. The van der Waals surface area contributed by atoms with Gasteiger partial charge in [-0.2, -0.15) is 0 Å². The minimum absolute atomic E-state index is 0.102. The van der Waals surface area contributed by atoms with E-state index in [4.69, 9.17) is 10.5 Å². The van der Waals surface area contributed by atoms with Gasteiger partial charge in [0.2, 0.25) is 10.1 Å². The summed E-state index contributed by atoms with van der Waals surface area (Å²) in [4.78, 5) is 13.6. The molecule has 1 aliphatic rings. The van der Waals surface area contributed by atoms with E-state index in [1.807, 2.05) is 0 Å². The second-order valence-corrected chi connectivity index (χ2v) is 4.21. The highest BCUT2D eigenvalue weighted by Gasteiger charge is 2.20. The Kier molecular flexibility index (Phi) is 3.12. The second kappa shape index (κ2) is 4.54. The number of amides is 1. The Hall–Kier alpha value is -1.21. The van der Waals surface area contributed by atoms with Crippen LogP contribution in [0.2, 0.25) is 0 Å². The molecule has 1 aromatic heterocycles. The molecule has 0 bridgehead atoms. The highest BCUT2D eigenvalue weighted by atomic mass is 32.1. The molecule has 1 aliphatic heterocycles. The quantitative estimate of drug-likeness (QED) is 0.730. The van der Waals surface area contributed by atoms with Gasteiger partial charge in [0.25, 0.3) is 5.91 Å². The number of nitrogen functional groups attached to an aromatic ring is 1. The van der Waals surface area contributed by atoms with Crippen molar-refractivity contribution in [1.29, 1.82) is 0 Å². The Morgan fingerprint density at radius 3 is 3.00 bits per heavy atom. The lowest BCUT2D eigenvalue weighted by atomic mass is 10.4. The van der Waals surface area contributed by atoms with Gasteiger partial charge < -0.3 is 15.4 Å².